The van der Waals surface area contributed by atoms with Gasteiger partial charge < -0.3 is 30.2 Å². The Balaban J connectivity index is 1.26. The normalized spacial score (nSPS) is 10.9. The maximum absolute atomic E-state index is 13.6. The molecule has 0 atom stereocenters. The van der Waals surface area contributed by atoms with Crippen molar-refractivity contribution in [3.63, 3.8) is 0 Å². The molecule has 48 heavy (non-hydrogen) atoms. The molecule has 10 nitrogen and oxygen atoms in total. The predicted molar refractivity (Wildman–Crippen MR) is 190 cm³/mol. The molecule has 0 aliphatic heterocycles. The first-order valence-corrected chi connectivity index (χ1v) is 16.5. The van der Waals surface area contributed by atoms with E-state index in [-0.39, 0.29) is 17.4 Å². The van der Waals surface area contributed by atoms with Crippen LogP contribution in [0.5, 0.6) is 17.2 Å². The van der Waals surface area contributed by atoms with E-state index in [1.54, 1.807) is 66.7 Å². The Morgan fingerprint density at radius 1 is 0.792 bits per heavy atom. The van der Waals surface area contributed by atoms with Crippen LogP contribution in [0.3, 0.4) is 0 Å². The molecule has 4 aromatic carbocycles. The molecular weight excluding hydrogens is 649 g/mol. The zero-order chi connectivity index (χ0) is 33.9. The quantitative estimate of drug-likeness (QED) is 0.0899. The van der Waals surface area contributed by atoms with Crippen molar-refractivity contribution in [1.29, 1.82) is 0 Å². The van der Waals surface area contributed by atoms with Crippen LogP contribution in [0.15, 0.2) is 113 Å². The molecule has 0 saturated heterocycles. The number of anilines is 2. The van der Waals surface area contributed by atoms with Crippen LogP contribution in [0, 0.1) is 0 Å². The zero-order valence-electron chi connectivity index (χ0n) is 26.3. The number of amides is 3. The molecule has 0 radical (unpaired) electrons. The van der Waals surface area contributed by atoms with Crippen LogP contribution in [0.2, 0.25) is 0 Å². The van der Waals surface area contributed by atoms with Crippen molar-refractivity contribution in [1.82, 2.24) is 10.3 Å². The van der Waals surface area contributed by atoms with E-state index in [4.69, 9.17) is 14.2 Å². The topological polar surface area (TPSA) is 128 Å². The van der Waals surface area contributed by atoms with E-state index >= 15 is 0 Å². The lowest BCUT2D eigenvalue weighted by Gasteiger charge is -2.15. The Labute approximate surface area is 286 Å². The van der Waals surface area contributed by atoms with E-state index < -0.39 is 11.8 Å². The van der Waals surface area contributed by atoms with Crippen molar-refractivity contribution in [2.75, 3.05) is 37.7 Å². The van der Waals surface area contributed by atoms with E-state index in [2.05, 4.69) is 20.9 Å². The predicted octanol–water partition coefficient (Wildman–Crippen LogP) is 6.98. The lowest BCUT2D eigenvalue weighted by molar-refractivity contribution is -0.114. The molecule has 12 heteroatoms. The van der Waals surface area contributed by atoms with E-state index in [1.165, 1.54) is 50.5 Å². The second kappa shape index (κ2) is 16.3. The second-order valence-electron chi connectivity index (χ2n) is 10.0. The summed E-state index contributed by atoms with van der Waals surface area (Å²) in [5, 5.41) is 10.8. The van der Waals surface area contributed by atoms with Crippen LogP contribution >= 0.6 is 23.1 Å². The van der Waals surface area contributed by atoms with Gasteiger partial charge in [-0.15, -0.1) is 23.1 Å². The summed E-state index contributed by atoms with van der Waals surface area (Å²) < 4.78 is 16.3. The monoisotopic (exact) mass is 680 g/mol. The standard InChI is InChI=1S/C36H32N4O6S2/c1-44-30-20-32(46-3)31(45-2)19-25(30)18-28(38-34(42)24-12-8-5-9-13-24)35(43)37-26-14-16-27(17-15-26)47-22-33(41)40-36-39-29(21-48-36)23-10-6-4-7-11-23/h4-21H,22H2,1-3H3,(H,37,43)(H,38,42)(H,39,40,41)/b28-18-. The fourth-order valence-electron chi connectivity index (χ4n) is 4.47. The van der Waals surface area contributed by atoms with Gasteiger partial charge in [-0.1, -0.05) is 48.5 Å². The lowest BCUT2D eigenvalue weighted by Crippen LogP contribution is -2.30. The number of carbonyl (C=O) groups excluding carboxylic acids is 3. The molecule has 0 spiro atoms. The zero-order valence-corrected chi connectivity index (χ0v) is 27.9. The minimum Gasteiger partial charge on any atom is -0.496 e. The molecule has 1 aromatic heterocycles. The highest BCUT2D eigenvalue weighted by atomic mass is 32.2. The fourth-order valence-corrected chi connectivity index (χ4v) is 5.91. The average molecular weight is 681 g/mol. The first-order valence-electron chi connectivity index (χ1n) is 14.6. The van der Waals surface area contributed by atoms with Gasteiger partial charge in [0.25, 0.3) is 11.8 Å². The van der Waals surface area contributed by atoms with Crippen molar-refractivity contribution in [3.8, 4) is 28.5 Å². The number of rotatable bonds is 13. The van der Waals surface area contributed by atoms with Gasteiger partial charge in [-0.2, -0.15) is 0 Å². The number of thiazole rings is 1. The number of hydrogen-bond acceptors (Lipinski definition) is 9. The number of methoxy groups -OCH3 is 3. The fraction of sp³-hybridized carbons (Fsp3) is 0.111. The lowest BCUT2D eigenvalue weighted by atomic mass is 10.1. The summed E-state index contributed by atoms with van der Waals surface area (Å²) >= 11 is 2.72. The summed E-state index contributed by atoms with van der Waals surface area (Å²) in [6, 6.07) is 28.7. The molecule has 3 amide bonds. The number of nitrogens with zero attached hydrogens (tertiary/aromatic N) is 1. The van der Waals surface area contributed by atoms with Crippen LogP contribution in [-0.2, 0) is 9.59 Å². The maximum atomic E-state index is 13.6. The highest BCUT2D eigenvalue weighted by molar-refractivity contribution is 8.00. The molecule has 0 saturated carbocycles. The molecule has 5 rings (SSSR count). The maximum Gasteiger partial charge on any atom is 0.272 e. The van der Waals surface area contributed by atoms with Gasteiger partial charge in [-0.05, 0) is 48.5 Å². The third-order valence-corrected chi connectivity index (χ3v) is 8.64. The van der Waals surface area contributed by atoms with Gasteiger partial charge in [0.1, 0.15) is 11.4 Å². The minimum absolute atomic E-state index is 0.0258. The number of ether oxygens (including phenoxy) is 3. The van der Waals surface area contributed by atoms with E-state index in [9.17, 15) is 14.4 Å². The molecule has 0 bridgehead atoms. The average Bonchev–Trinajstić information content (AvgIpc) is 3.59. The van der Waals surface area contributed by atoms with Crippen molar-refractivity contribution >= 4 is 57.7 Å². The molecule has 3 N–H and O–H groups in total. The molecule has 244 valence electrons. The largest absolute Gasteiger partial charge is 0.496 e. The summed E-state index contributed by atoms with van der Waals surface area (Å²) in [4.78, 5) is 44.6. The summed E-state index contributed by atoms with van der Waals surface area (Å²) in [6.07, 6.45) is 1.51. The Morgan fingerprint density at radius 2 is 1.44 bits per heavy atom. The Hall–Kier alpha value is -5.59. The molecule has 0 aliphatic rings. The Morgan fingerprint density at radius 3 is 2.10 bits per heavy atom. The van der Waals surface area contributed by atoms with Crippen molar-refractivity contribution in [2.24, 2.45) is 0 Å². The van der Waals surface area contributed by atoms with Gasteiger partial charge in [-0.3, -0.25) is 14.4 Å². The van der Waals surface area contributed by atoms with Crippen LogP contribution in [0.25, 0.3) is 17.3 Å². The number of nitrogens with one attached hydrogen (secondary N) is 3. The summed E-state index contributed by atoms with van der Waals surface area (Å²) in [6.45, 7) is 0. The van der Waals surface area contributed by atoms with Crippen LogP contribution in [0.4, 0.5) is 10.8 Å². The van der Waals surface area contributed by atoms with Gasteiger partial charge >= 0.3 is 0 Å². The van der Waals surface area contributed by atoms with E-state index in [1.807, 2.05) is 35.7 Å². The third kappa shape index (κ3) is 8.81. The van der Waals surface area contributed by atoms with E-state index in [0.717, 1.165) is 16.2 Å². The molecule has 0 aliphatic carbocycles. The molecule has 1 heterocycles. The van der Waals surface area contributed by atoms with Crippen LogP contribution in [-0.4, -0.2) is 49.8 Å². The number of aromatic nitrogens is 1. The Bertz CT molecular complexity index is 1910. The molecule has 0 fully saturated rings. The third-order valence-electron chi connectivity index (χ3n) is 6.87. The van der Waals surface area contributed by atoms with Gasteiger partial charge in [0.05, 0.1) is 32.8 Å². The summed E-state index contributed by atoms with van der Waals surface area (Å²) in [7, 11) is 4.50. The molecule has 5 aromatic rings. The van der Waals surface area contributed by atoms with Crippen molar-refractivity contribution in [3.05, 3.63) is 119 Å². The summed E-state index contributed by atoms with van der Waals surface area (Å²) in [5.41, 5.74) is 3.12. The SMILES string of the molecule is COc1cc(OC)c(OC)cc1/C=C(\NC(=O)c1ccccc1)C(=O)Nc1ccc(SCC(=O)Nc2nc(-c3ccccc3)cs2)cc1. The van der Waals surface area contributed by atoms with E-state index in [0.29, 0.717) is 39.2 Å². The number of hydrogen-bond donors (Lipinski definition) is 3. The highest BCUT2D eigenvalue weighted by Gasteiger charge is 2.18. The first-order chi connectivity index (χ1) is 23.4. The second-order valence-corrected chi connectivity index (χ2v) is 12.0. The van der Waals surface area contributed by atoms with Crippen LogP contribution < -0.4 is 30.2 Å². The van der Waals surface area contributed by atoms with Crippen molar-refractivity contribution < 1.29 is 28.6 Å². The number of thioether (sulfide) groups is 1. The smallest absolute Gasteiger partial charge is 0.272 e. The first kappa shape index (κ1) is 33.8. The van der Waals surface area contributed by atoms with Crippen molar-refractivity contribution in [2.45, 2.75) is 4.90 Å². The van der Waals surface area contributed by atoms with Gasteiger partial charge in [0, 0.05) is 38.7 Å². The molecular formula is C36H32N4O6S2. The van der Waals surface area contributed by atoms with Gasteiger partial charge in [0.2, 0.25) is 5.91 Å². The van der Waals surface area contributed by atoms with Crippen LogP contribution in [0.1, 0.15) is 15.9 Å². The number of carbonyl (C=O) groups is 3. The molecule has 0 unspecified atom stereocenters. The van der Waals surface area contributed by atoms with Gasteiger partial charge in [-0.25, -0.2) is 4.98 Å². The minimum atomic E-state index is -0.561. The highest BCUT2D eigenvalue weighted by Crippen LogP contribution is 2.36. The Kier molecular flexibility index (Phi) is 11.5. The number of benzene rings is 4. The van der Waals surface area contributed by atoms with Gasteiger partial charge in [0.15, 0.2) is 16.6 Å². The summed E-state index contributed by atoms with van der Waals surface area (Å²) in [5.74, 6) is 0.248.